The Morgan fingerprint density at radius 3 is 1.78 bits per heavy atom. The second kappa shape index (κ2) is 24.9. The summed E-state index contributed by atoms with van der Waals surface area (Å²) in [6, 6.07) is 17.7. The summed E-state index contributed by atoms with van der Waals surface area (Å²) < 4.78 is 0. The van der Waals surface area contributed by atoms with Gasteiger partial charge in [-0.05, 0) is 136 Å². The zero-order valence-corrected chi connectivity index (χ0v) is 47.1. The molecule has 4 aliphatic rings. The molecule has 77 heavy (non-hydrogen) atoms. The molecule has 3 aromatic carbocycles. The lowest BCUT2D eigenvalue weighted by atomic mass is 9.77. The zero-order valence-electron chi connectivity index (χ0n) is 47.1. The number of hydrogen-bond acceptors (Lipinski definition) is 10. The summed E-state index contributed by atoms with van der Waals surface area (Å²) in [4.78, 5) is 101. The van der Waals surface area contributed by atoms with E-state index in [1.165, 1.54) is 11.1 Å². The summed E-state index contributed by atoms with van der Waals surface area (Å²) >= 11 is 0. The van der Waals surface area contributed by atoms with Crippen LogP contribution in [-0.2, 0) is 59.4 Å². The molecule has 3 aromatic rings. The first-order valence-corrected chi connectivity index (χ1v) is 27.9. The molecule has 8 N–H and O–H groups in total. The Morgan fingerprint density at radius 1 is 0.636 bits per heavy atom. The van der Waals surface area contributed by atoms with E-state index in [0.717, 1.165) is 60.8 Å². The molecule has 1 saturated carbocycles. The normalized spacial score (nSPS) is 22.5. The van der Waals surface area contributed by atoms with Gasteiger partial charge in [0.25, 0.3) is 0 Å². The first kappa shape index (κ1) is 58.3. The third kappa shape index (κ3) is 14.2. The molecule has 7 rings (SSSR count). The minimum Gasteiger partial charge on any atom is -0.377 e. The molecule has 16 heteroatoms. The van der Waals surface area contributed by atoms with Gasteiger partial charge in [0.15, 0.2) is 5.78 Å². The predicted octanol–water partition coefficient (Wildman–Crippen LogP) is 6.39. The van der Waals surface area contributed by atoms with E-state index in [9.17, 15) is 33.6 Å². The van der Waals surface area contributed by atoms with Gasteiger partial charge >= 0.3 is 0 Å². The van der Waals surface area contributed by atoms with Gasteiger partial charge in [-0.3, -0.25) is 33.6 Å². The molecule has 0 spiro atoms. The third-order valence-corrected chi connectivity index (χ3v) is 16.4. The van der Waals surface area contributed by atoms with Crippen LogP contribution in [0.1, 0.15) is 152 Å². The molecule has 8 unspecified atom stereocenters. The molecule has 0 bridgehead atoms. The van der Waals surface area contributed by atoms with Crippen molar-refractivity contribution in [2.75, 3.05) is 19.4 Å². The fourth-order valence-corrected chi connectivity index (χ4v) is 11.6. The van der Waals surface area contributed by atoms with Crippen molar-refractivity contribution >= 4 is 46.9 Å². The van der Waals surface area contributed by atoms with Gasteiger partial charge in [0.2, 0.25) is 35.4 Å². The van der Waals surface area contributed by atoms with Crippen LogP contribution in [0.3, 0.4) is 0 Å². The lowest BCUT2D eigenvalue weighted by Gasteiger charge is -2.42. The van der Waals surface area contributed by atoms with Gasteiger partial charge in [0.1, 0.15) is 12.1 Å². The van der Waals surface area contributed by atoms with Crippen molar-refractivity contribution in [3.05, 3.63) is 112 Å². The molecule has 416 valence electrons. The minimum atomic E-state index is -0.958. The number of fused-ring (bicyclic) bond motifs is 3. The summed E-state index contributed by atoms with van der Waals surface area (Å²) in [6.45, 7) is 19.5. The van der Waals surface area contributed by atoms with Crippen LogP contribution in [0, 0.1) is 22.7 Å². The van der Waals surface area contributed by atoms with Crippen molar-refractivity contribution in [2.45, 2.75) is 181 Å². The number of carbonyl (C=O) groups is 7. The van der Waals surface area contributed by atoms with Gasteiger partial charge in [-0.25, -0.2) is 0 Å². The SMILES string of the molecule is C=C(NC(C(=O)C1CC(NC(=O)CCC(=O)Nc2ccc3c(c2)CN(C(=O)C(NC(=O)[C@H](C)NC)C(C)(C)C)C(C(=O)NC2CCCc4ccccc42)C3)CC1C(=O)NC1CCCc2ccccc21)C(C)(C)C)[C@H](C)NC. The molecule has 3 aliphatic carbocycles. The van der Waals surface area contributed by atoms with E-state index >= 15 is 0 Å². The van der Waals surface area contributed by atoms with Crippen molar-refractivity contribution in [1.29, 1.82) is 0 Å². The highest BCUT2D eigenvalue weighted by Crippen LogP contribution is 2.39. The van der Waals surface area contributed by atoms with Crippen molar-refractivity contribution < 1.29 is 33.6 Å². The predicted molar refractivity (Wildman–Crippen MR) is 300 cm³/mol. The van der Waals surface area contributed by atoms with Crippen LogP contribution in [0.15, 0.2) is 79.0 Å². The average Bonchev–Trinajstić information content (AvgIpc) is 3.84. The Labute approximate surface area is 456 Å². The quantitative estimate of drug-likeness (QED) is 0.0662. The average molecular weight is 1060 g/mol. The van der Waals surface area contributed by atoms with Gasteiger partial charge in [0, 0.05) is 61.1 Å². The molecule has 10 atom stereocenters. The fraction of sp³-hybridized carbons (Fsp3) is 0.557. The van der Waals surface area contributed by atoms with Crippen LogP contribution in [-0.4, -0.2) is 96.5 Å². The lowest BCUT2D eigenvalue weighted by molar-refractivity contribution is -0.147. The van der Waals surface area contributed by atoms with Crippen LogP contribution in [0.25, 0.3) is 0 Å². The maximum absolute atomic E-state index is 14.9. The number of anilines is 1. The first-order valence-electron chi connectivity index (χ1n) is 27.9. The standard InChI is InChI=1S/C61H85N9O7/c1-35(62-10)36(2)64-54(60(4,5)6)53(73)46-32-43(33-47(46)57(75)67-48-24-16-20-38-18-12-14-22-44(38)48)66-52(72)29-28-51(71)65-42-27-26-40-31-50(58(76)68-49-25-17-21-39-19-13-15-23-45(39)49)70(34-41(40)30-42)59(77)55(61(7,8)9)69-56(74)37(3)63-11/h12-15,18-19,22-23,26-27,30,35,37,43,46-50,54-55,62-64H,2,16-17,20-21,24-25,28-29,31-34H2,1,3-11H3,(H,65,71)(H,66,72)(H,67,75)(H,68,76)(H,69,74)/t35-,37-,43?,46?,47?,48?,49?,50?,54?,55?/m0/s1. The number of aryl methyl sites for hydroxylation is 2. The molecule has 16 nitrogen and oxygen atoms in total. The summed E-state index contributed by atoms with van der Waals surface area (Å²) in [5.41, 5.74) is 6.05. The van der Waals surface area contributed by atoms with E-state index in [0.29, 0.717) is 11.4 Å². The first-order chi connectivity index (χ1) is 36.5. The van der Waals surface area contributed by atoms with Gasteiger partial charge in [-0.1, -0.05) is 103 Å². The molecule has 1 aliphatic heterocycles. The van der Waals surface area contributed by atoms with E-state index in [1.807, 2.05) is 91.9 Å². The number of likely N-dealkylation sites (N-methyl/N-ethyl adjacent to an activating group) is 2. The van der Waals surface area contributed by atoms with E-state index < -0.39 is 58.8 Å². The van der Waals surface area contributed by atoms with Gasteiger partial charge < -0.3 is 47.4 Å². The van der Waals surface area contributed by atoms with E-state index in [-0.39, 0.29) is 92.1 Å². The maximum Gasteiger partial charge on any atom is 0.246 e. The Kier molecular flexibility index (Phi) is 18.9. The number of carbonyl (C=O) groups excluding carboxylic acids is 7. The number of ketones is 1. The Morgan fingerprint density at radius 2 is 1.19 bits per heavy atom. The summed E-state index contributed by atoms with van der Waals surface area (Å²) in [6.07, 6.45) is 5.77. The van der Waals surface area contributed by atoms with E-state index in [2.05, 4.69) is 67.3 Å². The molecular formula is C61H85N9O7. The number of hydrogen-bond donors (Lipinski definition) is 8. The number of amides is 6. The minimum absolute atomic E-state index is 0.0535. The monoisotopic (exact) mass is 1060 g/mol. The van der Waals surface area contributed by atoms with Gasteiger partial charge in [-0.15, -0.1) is 0 Å². The van der Waals surface area contributed by atoms with Crippen molar-refractivity contribution in [3.63, 3.8) is 0 Å². The number of nitrogens with one attached hydrogen (secondary N) is 8. The fourth-order valence-electron chi connectivity index (χ4n) is 11.6. The topological polar surface area (TPSA) is 219 Å². The number of nitrogens with zero attached hydrogens (tertiary/aromatic N) is 1. The smallest absolute Gasteiger partial charge is 0.246 e. The number of benzene rings is 3. The molecule has 0 radical (unpaired) electrons. The summed E-state index contributed by atoms with van der Waals surface area (Å²) in [5, 5.41) is 25.1. The van der Waals surface area contributed by atoms with E-state index in [1.54, 1.807) is 31.0 Å². The third-order valence-electron chi connectivity index (χ3n) is 16.4. The highest BCUT2D eigenvalue weighted by atomic mass is 16.2. The summed E-state index contributed by atoms with van der Waals surface area (Å²) in [5.74, 6) is -3.48. The Bertz CT molecular complexity index is 2690. The van der Waals surface area contributed by atoms with Gasteiger partial charge in [-0.2, -0.15) is 0 Å². The van der Waals surface area contributed by atoms with Crippen molar-refractivity contribution in [3.8, 4) is 0 Å². The van der Waals surface area contributed by atoms with Gasteiger partial charge in [0.05, 0.1) is 24.2 Å². The zero-order chi connectivity index (χ0) is 55.9. The van der Waals surface area contributed by atoms with Crippen LogP contribution in [0.5, 0.6) is 0 Å². The van der Waals surface area contributed by atoms with Crippen molar-refractivity contribution in [2.24, 2.45) is 22.7 Å². The summed E-state index contributed by atoms with van der Waals surface area (Å²) in [7, 11) is 3.50. The molecule has 6 amide bonds. The van der Waals surface area contributed by atoms with Crippen LogP contribution in [0.2, 0.25) is 0 Å². The second-order valence-corrected chi connectivity index (χ2v) is 24.2. The van der Waals surface area contributed by atoms with Crippen molar-refractivity contribution in [1.82, 2.24) is 42.1 Å². The lowest BCUT2D eigenvalue weighted by Crippen LogP contribution is -2.62. The molecule has 1 heterocycles. The molecule has 1 fully saturated rings. The maximum atomic E-state index is 14.9. The largest absolute Gasteiger partial charge is 0.377 e. The molecule has 0 aromatic heterocycles. The number of Topliss-reactive ketones (excluding diaryl/α,β-unsaturated/α-hetero) is 1. The highest BCUT2D eigenvalue weighted by Gasteiger charge is 2.48. The van der Waals surface area contributed by atoms with Crippen LogP contribution in [0.4, 0.5) is 5.69 Å². The molecule has 0 saturated heterocycles. The Hall–Kier alpha value is -6.39. The second-order valence-electron chi connectivity index (χ2n) is 24.2. The Balaban J connectivity index is 1.04. The highest BCUT2D eigenvalue weighted by molar-refractivity contribution is 5.96. The molecular weight excluding hydrogens is 971 g/mol. The van der Waals surface area contributed by atoms with E-state index in [4.69, 9.17) is 0 Å². The van der Waals surface area contributed by atoms with Crippen LogP contribution < -0.4 is 42.5 Å². The number of rotatable bonds is 19. The van der Waals surface area contributed by atoms with Crippen LogP contribution >= 0.6 is 0 Å².